The van der Waals surface area contributed by atoms with Crippen LogP contribution in [0.15, 0.2) is 6.07 Å². The van der Waals surface area contributed by atoms with Gasteiger partial charge in [0.25, 0.3) is 5.91 Å². The molecule has 1 saturated heterocycles. The molecular weight excluding hydrogens is 353 g/mol. The van der Waals surface area contributed by atoms with Gasteiger partial charge >= 0.3 is 6.18 Å². The molecule has 1 aliphatic heterocycles. The van der Waals surface area contributed by atoms with Crippen LogP contribution in [0.3, 0.4) is 0 Å². The number of carbonyl (C=O) groups excluding carboxylic acids is 2. The van der Waals surface area contributed by atoms with Gasteiger partial charge in [-0.05, 0) is 50.2 Å². The van der Waals surface area contributed by atoms with Crippen LogP contribution in [0.5, 0.6) is 0 Å². The Morgan fingerprint density at radius 1 is 1.20 bits per heavy atom. The van der Waals surface area contributed by atoms with E-state index in [9.17, 15) is 22.8 Å². The number of halogens is 3. The highest BCUT2D eigenvalue weighted by Gasteiger charge is 2.37. The summed E-state index contributed by atoms with van der Waals surface area (Å²) < 4.78 is 36.9. The minimum atomic E-state index is -4.45. The summed E-state index contributed by atoms with van der Waals surface area (Å²) in [6.07, 6.45) is 1.95. The van der Waals surface area contributed by atoms with Crippen molar-refractivity contribution >= 4 is 23.2 Å². The molecule has 0 aromatic carbocycles. The van der Waals surface area contributed by atoms with Crippen LogP contribution >= 0.6 is 11.3 Å². The minimum Gasteiger partial charge on any atom is -0.345 e. The normalized spacial score (nSPS) is 20.9. The summed E-state index contributed by atoms with van der Waals surface area (Å²) in [6, 6.07) is 1.10. The van der Waals surface area contributed by atoms with Crippen LogP contribution in [0, 0.1) is 0 Å². The maximum Gasteiger partial charge on any atom is 0.405 e. The Morgan fingerprint density at radius 2 is 1.96 bits per heavy atom. The lowest BCUT2D eigenvalue weighted by Crippen LogP contribution is -2.47. The molecule has 2 aliphatic rings. The number of amides is 2. The first kappa shape index (κ1) is 18.2. The van der Waals surface area contributed by atoms with Crippen molar-refractivity contribution in [2.24, 2.45) is 0 Å². The molecule has 0 bridgehead atoms. The molecule has 2 amide bonds. The van der Waals surface area contributed by atoms with Crippen molar-refractivity contribution in [2.45, 2.75) is 57.2 Å². The van der Waals surface area contributed by atoms with Crippen molar-refractivity contribution in [2.75, 3.05) is 13.1 Å². The number of hydrogen-bond acceptors (Lipinski definition) is 3. The number of rotatable bonds is 3. The zero-order chi connectivity index (χ0) is 18.0. The highest BCUT2D eigenvalue weighted by atomic mass is 32.1. The van der Waals surface area contributed by atoms with Gasteiger partial charge in [0.2, 0.25) is 5.91 Å². The topological polar surface area (TPSA) is 49.4 Å². The van der Waals surface area contributed by atoms with Gasteiger partial charge in [0.15, 0.2) is 0 Å². The second-order valence-corrected chi connectivity index (χ2v) is 7.75. The number of nitrogens with zero attached hydrogens (tertiary/aromatic N) is 1. The predicted molar refractivity (Wildman–Crippen MR) is 88.7 cm³/mol. The third-order valence-electron chi connectivity index (χ3n) is 4.74. The molecule has 1 fully saturated rings. The lowest BCUT2D eigenvalue weighted by molar-refractivity contribution is -0.140. The van der Waals surface area contributed by atoms with Gasteiger partial charge in [-0.15, -0.1) is 11.3 Å². The van der Waals surface area contributed by atoms with Crippen molar-refractivity contribution in [3.63, 3.8) is 0 Å². The minimum absolute atomic E-state index is 0.234. The Hall–Kier alpha value is -1.57. The maximum atomic E-state index is 12.8. The number of fused-ring (bicyclic) bond motifs is 1. The van der Waals surface area contributed by atoms with E-state index < -0.39 is 24.7 Å². The number of aryl methyl sites for hydroxylation is 2. The highest BCUT2D eigenvalue weighted by Crippen LogP contribution is 2.31. The molecule has 138 valence electrons. The van der Waals surface area contributed by atoms with Crippen molar-refractivity contribution in [3.05, 3.63) is 21.4 Å². The van der Waals surface area contributed by atoms with Gasteiger partial charge in [-0.2, -0.15) is 13.2 Å². The fourth-order valence-corrected chi connectivity index (χ4v) is 4.71. The standard InChI is InChI=1S/C17H21F3N2O2S/c18-17(19,20)10-21-15(23)12-6-4-8-22(12)16(24)14-9-11-5-2-1-3-7-13(11)25-14/h9,12H,1-8,10H2,(H,21,23). The Labute approximate surface area is 148 Å². The van der Waals surface area contributed by atoms with E-state index in [1.165, 1.54) is 33.1 Å². The summed E-state index contributed by atoms with van der Waals surface area (Å²) >= 11 is 1.47. The van der Waals surface area contributed by atoms with Gasteiger partial charge in [0.05, 0.1) is 4.88 Å². The Morgan fingerprint density at radius 3 is 2.72 bits per heavy atom. The number of carbonyl (C=O) groups is 2. The third kappa shape index (κ3) is 4.34. The molecule has 3 rings (SSSR count). The van der Waals surface area contributed by atoms with Gasteiger partial charge in [-0.1, -0.05) is 6.42 Å². The van der Waals surface area contributed by atoms with Crippen LogP contribution < -0.4 is 5.32 Å². The number of likely N-dealkylation sites (tertiary alicyclic amines) is 1. The zero-order valence-corrected chi connectivity index (χ0v) is 14.6. The largest absolute Gasteiger partial charge is 0.405 e. The molecule has 1 aromatic heterocycles. The average molecular weight is 374 g/mol. The molecular formula is C17H21F3N2O2S. The molecule has 4 nitrogen and oxygen atoms in total. The van der Waals surface area contributed by atoms with Crippen molar-refractivity contribution < 1.29 is 22.8 Å². The Kier molecular flexibility index (Phi) is 5.36. The average Bonchev–Trinajstić information content (AvgIpc) is 3.14. The fraction of sp³-hybridized carbons (Fsp3) is 0.647. The number of nitrogens with one attached hydrogen (secondary N) is 1. The van der Waals surface area contributed by atoms with E-state index in [4.69, 9.17) is 0 Å². The molecule has 1 N–H and O–H groups in total. The Balaban J connectivity index is 1.69. The van der Waals surface area contributed by atoms with E-state index >= 15 is 0 Å². The van der Waals surface area contributed by atoms with Gasteiger partial charge in [-0.25, -0.2) is 0 Å². The first-order chi connectivity index (χ1) is 11.8. The highest BCUT2D eigenvalue weighted by molar-refractivity contribution is 7.14. The molecule has 1 aliphatic carbocycles. The van der Waals surface area contributed by atoms with Crippen LogP contribution in [0.1, 0.15) is 52.2 Å². The zero-order valence-electron chi connectivity index (χ0n) is 13.8. The van der Waals surface area contributed by atoms with E-state index in [1.807, 2.05) is 11.4 Å². The summed E-state index contributed by atoms with van der Waals surface area (Å²) in [6.45, 7) is -0.955. The quantitative estimate of drug-likeness (QED) is 0.826. The van der Waals surface area contributed by atoms with Crippen LogP contribution in [-0.4, -0.2) is 42.0 Å². The number of hydrogen-bond donors (Lipinski definition) is 1. The Bertz CT molecular complexity index is 633. The van der Waals surface area contributed by atoms with Crippen LogP contribution in [0.2, 0.25) is 0 Å². The second-order valence-electron chi connectivity index (χ2n) is 6.61. The maximum absolute atomic E-state index is 12.8. The fourth-order valence-electron chi connectivity index (χ4n) is 3.50. The van der Waals surface area contributed by atoms with Gasteiger partial charge in [0, 0.05) is 11.4 Å². The molecule has 0 radical (unpaired) electrons. The third-order valence-corrected chi connectivity index (χ3v) is 5.96. The van der Waals surface area contributed by atoms with Crippen molar-refractivity contribution in [3.8, 4) is 0 Å². The summed E-state index contributed by atoms with van der Waals surface area (Å²) in [5.41, 5.74) is 1.21. The molecule has 1 unspecified atom stereocenters. The van der Waals surface area contributed by atoms with E-state index in [2.05, 4.69) is 0 Å². The SMILES string of the molecule is O=C(NCC(F)(F)F)C1CCCN1C(=O)c1cc2c(s1)CCCCC2. The molecule has 2 heterocycles. The van der Waals surface area contributed by atoms with E-state index in [0.29, 0.717) is 24.3 Å². The van der Waals surface area contributed by atoms with Crippen LogP contribution in [0.4, 0.5) is 13.2 Å². The lowest BCUT2D eigenvalue weighted by atomic mass is 10.1. The summed E-state index contributed by atoms with van der Waals surface area (Å²) in [5.74, 6) is -0.955. The first-order valence-corrected chi connectivity index (χ1v) is 9.44. The van der Waals surface area contributed by atoms with E-state index in [0.717, 1.165) is 25.7 Å². The molecule has 0 saturated carbocycles. The molecule has 25 heavy (non-hydrogen) atoms. The van der Waals surface area contributed by atoms with Gasteiger partial charge < -0.3 is 10.2 Å². The molecule has 1 atom stereocenters. The smallest absolute Gasteiger partial charge is 0.345 e. The second kappa shape index (κ2) is 7.35. The van der Waals surface area contributed by atoms with E-state index in [-0.39, 0.29) is 5.91 Å². The molecule has 0 spiro atoms. The van der Waals surface area contributed by atoms with Crippen LogP contribution in [-0.2, 0) is 17.6 Å². The van der Waals surface area contributed by atoms with Crippen molar-refractivity contribution in [1.82, 2.24) is 10.2 Å². The predicted octanol–water partition coefficient (Wildman–Crippen LogP) is 3.30. The van der Waals surface area contributed by atoms with Crippen LogP contribution in [0.25, 0.3) is 0 Å². The monoisotopic (exact) mass is 374 g/mol. The first-order valence-electron chi connectivity index (χ1n) is 8.62. The lowest BCUT2D eigenvalue weighted by Gasteiger charge is -2.23. The molecule has 8 heteroatoms. The summed E-state index contributed by atoms with van der Waals surface area (Å²) in [4.78, 5) is 28.1. The number of alkyl halides is 3. The summed E-state index contributed by atoms with van der Waals surface area (Å²) in [7, 11) is 0. The van der Waals surface area contributed by atoms with Gasteiger partial charge in [0.1, 0.15) is 12.6 Å². The van der Waals surface area contributed by atoms with Crippen molar-refractivity contribution in [1.29, 1.82) is 0 Å². The summed E-state index contributed by atoms with van der Waals surface area (Å²) in [5, 5.41) is 1.90. The van der Waals surface area contributed by atoms with E-state index in [1.54, 1.807) is 0 Å². The number of thiophene rings is 1. The molecule has 1 aromatic rings. The van der Waals surface area contributed by atoms with Gasteiger partial charge in [-0.3, -0.25) is 9.59 Å².